The molecule has 1 aromatic carbocycles. The minimum atomic E-state index is -0.396. The lowest BCUT2D eigenvalue weighted by Gasteiger charge is -2.15. The molecule has 1 fully saturated rings. The fourth-order valence-electron chi connectivity index (χ4n) is 2.65. The zero-order valence-electron chi connectivity index (χ0n) is 15.2. The van der Waals surface area contributed by atoms with E-state index >= 15 is 0 Å². The second-order valence-corrected chi connectivity index (χ2v) is 8.36. The number of benzene rings is 1. The molecule has 1 unspecified atom stereocenters. The predicted molar refractivity (Wildman–Crippen MR) is 106 cm³/mol. The van der Waals surface area contributed by atoms with E-state index in [1.807, 2.05) is 24.5 Å². The topological polar surface area (TPSA) is 103 Å². The Kier molecular flexibility index (Phi) is 6.06. The molecule has 1 saturated carbocycles. The molecule has 1 aliphatic rings. The van der Waals surface area contributed by atoms with Crippen LogP contribution in [0.4, 0.5) is 5.69 Å². The summed E-state index contributed by atoms with van der Waals surface area (Å²) in [4.78, 5) is 23.8. The molecule has 3 N–H and O–H groups in total. The SMILES string of the molecule is Cc1c(Cl)cccc1NC(=O)C(C)Sc1nnc(C2CC2)n1CCC(N)=O. The van der Waals surface area contributed by atoms with Crippen LogP contribution in [0.5, 0.6) is 0 Å². The van der Waals surface area contributed by atoms with Crippen molar-refractivity contribution >= 4 is 40.9 Å². The van der Waals surface area contributed by atoms with E-state index in [9.17, 15) is 9.59 Å². The van der Waals surface area contributed by atoms with Gasteiger partial charge in [0.25, 0.3) is 0 Å². The Balaban J connectivity index is 1.71. The molecule has 0 spiro atoms. The largest absolute Gasteiger partial charge is 0.370 e. The van der Waals surface area contributed by atoms with E-state index in [4.69, 9.17) is 17.3 Å². The number of hydrogen-bond donors (Lipinski definition) is 2. The molecule has 1 heterocycles. The summed E-state index contributed by atoms with van der Waals surface area (Å²) in [5.41, 5.74) is 6.80. The van der Waals surface area contributed by atoms with Gasteiger partial charge in [0.05, 0.1) is 5.25 Å². The standard InChI is InChI=1S/C18H22ClN5O2S/c1-10-13(19)4-3-5-14(10)21-17(26)11(2)27-18-23-22-16(12-6-7-12)24(18)9-8-15(20)25/h3-5,11-12H,6-9H2,1-2H3,(H2,20,25)(H,21,26). The molecular formula is C18H22ClN5O2S. The van der Waals surface area contributed by atoms with Gasteiger partial charge in [-0.1, -0.05) is 29.4 Å². The average Bonchev–Trinajstić information content (AvgIpc) is 3.39. The first-order valence-corrected chi connectivity index (χ1v) is 10.1. The van der Waals surface area contributed by atoms with E-state index in [0.29, 0.717) is 28.3 Å². The quantitative estimate of drug-likeness (QED) is 0.654. The molecule has 1 atom stereocenters. The van der Waals surface area contributed by atoms with Gasteiger partial charge in [-0.25, -0.2) is 0 Å². The Bertz CT molecular complexity index is 865. The third-order valence-corrected chi connectivity index (χ3v) is 5.94. The van der Waals surface area contributed by atoms with Gasteiger partial charge in [-0.15, -0.1) is 10.2 Å². The number of amides is 2. The zero-order valence-corrected chi connectivity index (χ0v) is 16.8. The van der Waals surface area contributed by atoms with Gasteiger partial charge in [0.2, 0.25) is 11.8 Å². The molecule has 27 heavy (non-hydrogen) atoms. The van der Waals surface area contributed by atoms with Gasteiger partial charge < -0.3 is 15.6 Å². The van der Waals surface area contributed by atoms with E-state index in [-0.39, 0.29) is 18.2 Å². The molecule has 9 heteroatoms. The van der Waals surface area contributed by atoms with Gasteiger partial charge in [0, 0.05) is 29.6 Å². The molecule has 1 aromatic heterocycles. The Morgan fingerprint density at radius 3 is 2.81 bits per heavy atom. The lowest BCUT2D eigenvalue weighted by molar-refractivity contribution is -0.118. The number of halogens is 1. The maximum absolute atomic E-state index is 12.6. The molecule has 7 nitrogen and oxygen atoms in total. The number of anilines is 1. The van der Waals surface area contributed by atoms with E-state index in [1.165, 1.54) is 11.8 Å². The number of carbonyl (C=O) groups excluding carboxylic acids is 2. The highest BCUT2D eigenvalue weighted by Crippen LogP contribution is 2.40. The highest BCUT2D eigenvalue weighted by atomic mass is 35.5. The average molecular weight is 408 g/mol. The van der Waals surface area contributed by atoms with E-state index in [0.717, 1.165) is 24.2 Å². The third-order valence-electron chi connectivity index (χ3n) is 4.45. The van der Waals surface area contributed by atoms with Crippen LogP contribution >= 0.6 is 23.4 Å². The van der Waals surface area contributed by atoms with Crippen molar-refractivity contribution < 1.29 is 9.59 Å². The van der Waals surface area contributed by atoms with E-state index in [2.05, 4.69) is 15.5 Å². The molecular weight excluding hydrogens is 386 g/mol. The molecule has 0 saturated heterocycles. The summed E-state index contributed by atoms with van der Waals surface area (Å²) in [6.07, 6.45) is 2.36. The fourth-order valence-corrected chi connectivity index (χ4v) is 3.71. The summed E-state index contributed by atoms with van der Waals surface area (Å²) < 4.78 is 1.92. The molecule has 1 aliphatic carbocycles. The van der Waals surface area contributed by atoms with Crippen molar-refractivity contribution in [3.63, 3.8) is 0 Å². The van der Waals surface area contributed by atoms with Gasteiger partial charge >= 0.3 is 0 Å². The number of nitrogens with one attached hydrogen (secondary N) is 1. The van der Waals surface area contributed by atoms with Crippen molar-refractivity contribution in [3.05, 3.63) is 34.6 Å². The van der Waals surface area contributed by atoms with Gasteiger partial charge in [0.15, 0.2) is 5.16 Å². The minimum absolute atomic E-state index is 0.150. The van der Waals surface area contributed by atoms with E-state index < -0.39 is 5.25 Å². The van der Waals surface area contributed by atoms with Crippen molar-refractivity contribution in [2.75, 3.05) is 5.32 Å². The lowest BCUT2D eigenvalue weighted by atomic mass is 10.2. The Morgan fingerprint density at radius 1 is 1.41 bits per heavy atom. The molecule has 0 radical (unpaired) electrons. The Labute approximate surface area is 167 Å². The van der Waals surface area contributed by atoms with Gasteiger partial charge in [0.1, 0.15) is 5.82 Å². The summed E-state index contributed by atoms with van der Waals surface area (Å²) in [7, 11) is 0. The van der Waals surface area contributed by atoms with Crippen LogP contribution in [0.25, 0.3) is 0 Å². The number of aromatic nitrogens is 3. The van der Waals surface area contributed by atoms with Crippen molar-refractivity contribution in [2.24, 2.45) is 5.73 Å². The summed E-state index contributed by atoms with van der Waals surface area (Å²) in [6.45, 7) is 4.10. The van der Waals surface area contributed by atoms with Gasteiger partial charge in [-0.2, -0.15) is 0 Å². The smallest absolute Gasteiger partial charge is 0.237 e. The van der Waals surface area contributed by atoms with Crippen LogP contribution in [0.3, 0.4) is 0 Å². The minimum Gasteiger partial charge on any atom is -0.370 e. The first kappa shape index (κ1) is 19.7. The number of nitrogens with zero attached hydrogens (tertiary/aromatic N) is 3. The zero-order chi connectivity index (χ0) is 19.6. The molecule has 2 aromatic rings. The van der Waals surface area contributed by atoms with Crippen LogP contribution in [0, 0.1) is 6.92 Å². The first-order valence-electron chi connectivity index (χ1n) is 8.81. The van der Waals surface area contributed by atoms with Crippen LogP contribution in [0.1, 0.15) is 43.5 Å². The van der Waals surface area contributed by atoms with Crippen LogP contribution in [-0.4, -0.2) is 31.8 Å². The third kappa shape index (κ3) is 4.81. The second-order valence-electron chi connectivity index (χ2n) is 6.64. The molecule has 144 valence electrons. The van der Waals surface area contributed by atoms with Crippen molar-refractivity contribution in [2.45, 2.75) is 56.0 Å². The molecule has 0 bridgehead atoms. The molecule has 2 amide bonds. The maximum atomic E-state index is 12.6. The highest BCUT2D eigenvalue weighted by Gasteiger charge is 2.31. The highest BCUT2D eigenvalue weighted by molar-refractivity contribution is 8.00. The Morgan fingerprint density at radius 2 is 2.15 bits per heavy atom. The number of thioether (sulfide) groups is 1. The number of carbonyl (C=O) groups is 2. The number of nitrogens with two attached hydrogens (primary N) is 1. The van der Waals surface area contributed by atoms with E-state index in [1.54, 1.807) is 12.1 Å². The molecule has 3 rings (SSSR count). The number of hydrogen-bond acceptors (Lipinski definition) is 5. The summed E-state index contributed by atoms with van der Waals surface area (Å²) in [5.74, 6) is 0.737. The summed E-state index contributed by atoms with van der Waals surface area (Å²) in [5, 5.41) is 12.3. The number of primary amides is 1. The lowest BCUT2D eigenvalue weighted by Crippen LogP contribution is -2.23. The van der Waals surface area contributed by atoms with Crippen molar-refractivity contribution in [3.8, 4) is 0 Å². The normalized spacial score (nSPS) is 14.8. The van der Waals surface area contributed by atoms with Crippen LogP contribution in [-0.2, 0) is 16.1 Å². The maximum Gasteiger partial charge on any atom is 0.237 e. The van der Waals surface area contributed by atoms with Crippen molar-refractivity contribution in [1.29, 1.82) is 0 Å². The van der Waals surface area contributed by atoms with Crippen LogP contribution in [0.2, 0.25) is 5.02 Å². The summed E-state index contributed by atoms with van der Waals surface area (Å²) >= 11 is 7.43. The van der Waals surface area contributed by atoms with Gasteiger partial charge in [-0.05, 0) is 44.4 Å². The van der Waals surface area contributed by atoms with Crippen molar-refractivity contribution in [1.82, 2.24) is 14.8 Å². The number of rotatable bonds is 8. The van der Waals surface area contributed by atoms with Crippen LogP contribution < -0.4 is 11.1 Å². The summed E-state index contributed by atoms with van der Waals surface area (Å²) in [6, 6.07) is 5.40. The Hall–Kier alpha value is -2.06. The fraction of sp³-hybridized carbons (Fsp3) is 0.444. The first-order chi connectivity index (χ1) is 12.9. The molecule has 0 aliphatic heterocycles. The van der Waals surface area contributed by atoms with Crippen LogP contribution in [0.15, 0.2) is 23.4 Å². The monoisotopic (exact) mass is 407 g/mol. The van der Waals surface area contributed by atoms with Gasteiger partial charge in [-0.3, -0.25) is 9.59 Å². The predicted octanol–water partition coefficient (Wildman–Crippen LogP) is 3.11. The second kappa shape index (κ2) is 8.31.